The zero-order valence-electron chi connectivity index (χ0n) is 6.39. The predicted octanol–water partition coefficient (Wildman–Crippen LogP) is 2.23. The fourth-order valence-electron chi connectivity index (χ4n) is 0.489. The standard InChI is InChI=1S/C7H15O.Y/c1-4-7(2)5-6-8-3;/h7H,3-6H2,1-2H3;/q-1;. The molecule has 0 spiro atoms. The van der Waals surface area contributed by atoms with Gasteiger partial charge in [0, 0.05) is 39.3 Å². The van der Waals surface area contributed by atoms with Crippen LogP contribution in [0.25, 0.3) is 0 Å². The summed E-state index contributed by atoms with van der Waals surface area (Å²) in [6, 6.07) is 0. The first-order valence-corrected chi connectivity index (χ1v) is 3.18. The SMILES string of the molecule is [CH2-]OCCC(C)CC.[Y]. The van der Waals surface area contributed by atoms with Gasteiger partial charge >= 0.3 is 0 Å². The van der Waals surface area contributed by atoms with Gasteiger partial charge in [0.05, 0.1) is 0 Å². The molecule has 0 aliphatic heterocycles. The van der Waals surface area contributed by atoms with Crippen LogP contribution in [-0.4, -0.2) is 6.61 Å². The molecule has 0 saturated carbocycles. The second-order valence-electron chi connectivity index (χ2n) is 2.21. The molecule has 0 fully saturated rings. The van der Waals surface area contributed by atoms with Crippen LogP contribution in [0.5, 0.6) is 0 Å². The van der Waals surface area contributed by atoms with Crippen molar-refractivity contribution in [1.29, 1.82) is 0 Å². The third-order valence-electron chi connectivity index (χ3n) is 1.45. The van der Waals surface area contributed by atoms with E-state index < -0.39 is 0 Å². The van der Waals surface area contributed by atoms with Crippen LogP contribution in [-0.2, 0) is 37.4 Å². The van der Waals surface area contributed by atoms with E-state index in [1.807, 2.05) is 0 Å². The third kappa shape index (κ3) is 9.06. The molecule has 0 aromatic rings. The smallest absolute Gasteiger partial charge is 0.0112 e. The second-order valence-corrected chi connectivity index (χ2v) is 2.21. The van der Waals surface area contributed by atoms with Gasteiger partial charge in [-0.25, -0.2) is 7.11 Å². The molecule has 1 atom stereocenters. The van der Waals surface area contributed by atoms with E-state index in [4.69, 9.17) is 0 Å². The van der Waals surface area contributed by atoms with Crippen LogP contribution in [0, 0.1) is 13.0 Å². The molecule has 1 nitrogen and oxygen atoms in total. The fraction of sp³-hybridized carbons (Fsp3) is 0.857. The molecule has 2 heteroatoms. The Morgan fingerprint density at radius 3 is 2.44 bits per heavy atom. The first-order chi connectivity index (χ1) is 3.81. The average Bonchev–Trinajstić information content (AvgIpc) is 1.83. The monoisotopic (exact) mass is 204 g/mol. The Morgan fingerprint density at radius 2 is 2.11 bits per heavy atom. The summed E-state index contributed by atoms with van der Waals surface area (Å²) in [7, 11) is 3.29. The third-order valence-corrected chi connectivity index (χ3v) is 1.45. The molecule has 0 aromatic heterocycles. The summed E-state index contributed by atoms with van der Waals surface area (Å²) in [5, 5.41) is 0. The Morgan fingerprint density at radius 1 is 1.56 bits per heavy atom. The molecule has 0 aliphatic carbocycles. The predicted molar refractivity (Wildman–Crippen MR) is 35.4 cm³/mol. The van der Waals surface area contributed by atoms with Crippen LogP contribution in [0.1, 0.15) is 26.7 Å². The zero-order chi connectivity index (χ0) is 6.41. The second kappa shape index (κ2) is 9.06. The molecule has 0 amide bonds. The summed E-state index contributed by atoms with van der Waals surface area (Å²) >= 11 is 0. The zero-order valence-corrected chi connectivity index (χ0v) is 9.23. The minimum Gasteiger partial charge on any atom is -0.555 e. The minimum absolute atomic E-state index is 0. The van der Waals surface area contributed by atoms with Gasteiger partial charge < -0.3 is 4.74 Å². The minimum atomic E-state index is 0. The van der Waals surface area contributed by atoms with E-state index in [1.165, 1.54) is 6.42 Å². The van der Waals surface area contributed by atoms with Crippen molar-refractivity contribution in [3.8, 4) is 0 Å². The maximum Gasteiger partial charge on any atom is 0.0112 e. The number of hydrogen-bond donors (Lipinski definition) is 0. The summed E-state index contributed by atoms with van der Waals surface area (Å²) in [6.45, 7) is 5.21. The van der Waals surface area contributed by atoms with Crippen LogP contribution in [0.2, 0.25) is 0 Å². The van der Waals surface area contributed by atoms with Crippen molar-refractivity contribution >= 4 is 0 Å². The van der Waals surface area contributed by atoms with Crippen molar-refractivity contribution in [1.82, 2.24) is 0 Å². The van der Waals surface area contributed by atoms with Crippen LogP contribution in [0.15, 0.2) is 0 Å². The van der Waals surface area contributed by atoms with Gasteiger partial charge in [0.15, 0.2) is 0 Å². The van der Waals surface area contributed by atoms with Crippen LogP contribution in [0.4, 0.5) is 0 Å². The van der Waals surface area contributed by atoms with Gasteiger partial charge in [0.2, 0.25) is 0 Å². The van der Waals surface area contributed by atoms with Gasteiger partial charge in [-0.2, -0.15) is 0 Å². The van der Waals surface area contributed by atoms with Crippen molar-refractivity contribution in [2.45, 2.75) is 26.7 Å². The topological polar surface area (TPSA) is 9.23 Å². The molecule has 9 heavy (non-hydrogen) atoms. The molecular weight excluding hydrogens is 189 g/mol. The molecule has 0 aliphatic rings. The van der Waals surface area contributed by atoms with Crippen LogP contribution in [0.3, 0.4) is 0 Å². The van der Waals surface area contributed by atoms with Crippen molar-refractivity contribution in [2.75, 3.05) is 6.61 Å². The Kier molecular flexibility index (Phi) is 12.8. The van der Waals surface area contributed by atoms with Crippen molar-refractivity contribution in [3.05, 3.63) is 7.11 Å². The molecule has 0 rings (SSSR count). The summed E-state index contributed by atoms with van der Waals surface area (Å²) < 4.78 is 4.66. The fourth-order valence-corrected chi connectivity index (χ4v) is 0.489. The molecule has 1 unspecified atom stereocenters. The molecule has 0 saturated heterocycles. The van der Waals surface area contributed by atoms with E-state index in [0.29, 0.717) is 0 Å². The summed E-state index contributed by atoms with van der Waals surface area (Å²) in [4.78, 5) is 0. The van der Waals surface area contributed by atoms with E-state index in [0.717, 1.165) is 18.9 Å². The summed E-state index contributed by atoms with van der Waals surface area (Å²) in [5.74, 6) is 0.789. The van der Waals surface area contributed by atoms with Gasteiger partial charge in [-0.15, -0.1) is 0 Å². The van der Waals surface area contributed by atoms with Crippen LogP contribution >= 0.6 is 0 Å². The Labute approximate surface area is 83.4 Å². The van der Waals surface area contributed by atoms with Crippen molar-refractivity contribution in [2.24, 2.45) is 5.92 Å². The molecule has 0 bridgehead atoms. The summed E-state index contributed by atoms with van der Waals surface area (Å²) in [6.07, 6.45) is 2.38. The van der Waals surface area contributed by atoms with Gasteiger partial charge in [-0.1, -0.05) is 20.3 Å². The number of rotatable bonds is 4. The maximum absolute atomic E-state index is 4.66. The van der Waals surface area contributed by atoms with Crippen molar-refractivity contribution in [3.63, 3.8) is 0 Å². The average molecular weight is 204 g/mol. The van der Waals surface area contributed by atoms with E-state index in [2.05, 4.69) is 25.7 Å². The quantitative estimate of drug-likeness (QED) is 0.638. The van der Waals surface area contributed by atoms with Crippen molar-refractivity contribution < 1.29 is 37.4 Å². The van der Waals surface area contributed by atoms with Gasteiger partial charge in [-0.3, -0.25) is 0 Å². The molecule has 0 heterocycles. The molecule has 53 valence electrons. The first kappa shape index (κ1) is 12.7. The van der Waals surface area contributed by atoms with Crippen LogP contribution < -0.4 is 0 Å². The Bertz CT molecular complexity index is 48.2. The summed E-state index contributed by atoms with van der Waals surface area (Å²) in [5.41, 5.74) is 0. The van der Waals surface area contributed by atoms with E-state index in [-0.39, 0.29) is 32.7 Å². The molecule has 1 radical (unpaired) electrons. The van der Waals surface area contributed by atoms with E-state index in [1.54, 1.807) is 0 Å². The first-order valence-electron chi connectivity index (χ1n) is 3.18. The largest absolute Gasteiger partial charge is 0.555 e. The van der Waals surface area contributed by atoms with E-state index >= 15 is 0 Å². The number of ether oxygens (including phenoxy) is 1. The van der Waals surface area contributed by atoms with Gasteiger partial charge in [0.1, 0.15) is 0 Å². The molecular formula is C7H15OY-. The van der Waals surface area contributed by atoms with E-state index in [9.17, 15) is 0 Å². The number of hydrogen-bond acceptors (Lipinski definition) is 1. The van der Waals surface area contributed by atoms with Gasteiger partial charge in [-0.05, 0) is 12.3 Å². The molecule has 0 aromatic carbocycles. The Hall–Kier alpha value is 1.06. The van der Waals surface area contributed by atoms with Gasteiger partial charge in [0.25, 0.3) is 0 Å². The normalized spacial score (nSPS) is 12.3. The maximum atomic E-state index is 4.66. The molecule has 0 N–H and O–H groups in total. The Balaban J connectivity index is 0.